The zero-order chi connectivity index (χ0) is 20.7. The highest BCUT2D eigenvalue weighted by atomic mass is 35.5. The van der Waals surface area contributed by atoms with E-state index in [9.17, 15) is 14.4 Å². The number of aryl methyl sites for hydroxylation is 1. The molecule has 0 saturated heterocycles. The monoisotopic (exact) mass is 404 g/mol. The molecule has 0 aromatic heterocycles. The van der Waals surface area contributed by atoms with E-state index in [4.69, 9.17) is 21.1 Å². The number of rotatable bonds is 7. The molecule has 0 fully saturated rings. The Labute approximate surface area is 168 Å². The molecule has 0 heterocycles. The molecule has 148 valence electrons. The molecule has 2 amide bonds. The molecule has 0 saturated carbocycles. The van der Waals surface area contributed by atoms with E-state index in [1.807, 2.05) is 0 Å². The SMILES string of the molecule is COc1ccc(Cl)cc1NC(=O)CN(C)C(=O)COC(=O)c1ccccc1C. The van der Waals surface area contributed by atoms with Crippen LogP contribution in [0.25, 0.3) is 0 Å². The number of ether oxygens (including phenoxy) is 2. The van der Waals surface area contributed by atoms with E-state index in [1.54, 1.807) is 49.4 Å². The normalized spacial score (nSPS) is 10.1. The summed E-state index contributed by atoms with van der Waals surface area (Å²) in [5.41, 5.74) is 1.54. The summed E-state index contributed by atoms with van der Waals surface area (Å²) in [4.78, 5) is 37.6. The number of hydrogen-bond acceptors (Lipinski definition) is 5. The first kappa shape index (κ1) is 21.2. The minimum Gasteiger partial charge on any atom is -0.495 e. The number of nitrogens with one attached hydrogen (secondary N) is 1. The van der Waals surface area contributed by atoms with E-state index in [0.29, 0.717) is 22.0 Å². The number of halogens is 1. The van der Waals surface area contributed by atoms with Gasteiger partial charge in [0.15, 0.2) is 6.61 Å². The lowest BCUT2D eigenvalue weighted by atomic mass is 10.1. The van der Waals surface area contributed by atoms with E-state index in [2.05, 4.69) is 5.32 Å². The minimum absolute atomic E-state index is 0.226. The number of methoxy groups -OCH3 is 1. The largest absolute Gasteiger partial charge is 0.495 e. The molecule has 1 N–H and O–H groups in total. The van der Waals surface area contributed by atoms with Crippen LogP contribution in [-0.2, 0) is 14.3 Å². The third-order valence-corrected chi connectivity index (χ3v) is 4.17. The van der Waals surface area contributed by atoms with E-state index in [1.165, 1.54) is 14.2 Å². The van der Waals surface area contributed by atoms with Gasteiger partial charge in [0.1, 0.15) is 5.75 Å². The lowest BCUT2D eigenvalue weighted by Gasteiger charge is -2.17. The topological polar surface area (TPSA) is 84.9 Å². The van der Waals surface area contributed by atoms with Gasteiger partial charge in [0.25, 0.3) is 5.91 Å². The van der Waals surface area contributed by atoms with Gasteiger partial charge in [0.2, 0.25) is 5.91 Å². The first-order valence-corrected chi connectivity index (χ1v) is 8.79. The first-order valence-electron chi connectivity index (χ1n) is 8.42. The Morgan fingerprint density at radius 2 is 1.86 bits per heavy atom. The van der Waals surface area contributed by atoms with Crippen molar-refractivity contribution in [3.05, 3.63) is 58.6 Å². The van der Waals surface area contributed by atoms with Gasteiger partial charge < -0.3 is 19.7 Å². The highest BCUT2D eigenvalue weighted by Gasteiger charge is 2.17. The number of hydrogen-bond donors (Lipinski definition) is 1. The Morgan fingerprint density at radius 1 is 1.14 bits per heavy atom. The van der Waals surface area contributed by atoms with Crippen molar-refractivity contribution < 1.29 is 23.9 Å². The summed E-state index contributed by atoms with van der Waals surface area (Å²) in [6, 6.07) is 11.7. The van der Waals surface area contributed by atoms with E-state index < -0.39 is 24.4 Å². The average molecular weight is 405 g/mol. The maximum Gasteiger partial charge on any atom is 0.338 e. The maximum atomic E-state index is 12.2. The molecule has 0 radical (unpaired) electrons. The Hall–Kier alpha value is -3.06. The van der Waals surface area contributed by atoms with Crippen LogP contribution in [0.1, 0.15) is 15.9 Å². The van der Waals surface area contributed by atoms with Gasteiger partial charge in [-0.15, -0.1) is 0 Å². The summed E-state index contributed by atoms with van der Waals surface area (Å²) in [5, 5.41) is 3.07. The smallest absolute Gasteiger partial charge is 0.338 e. The van der Waals surface area contributed by atoms with Crippen LogP contribution in [0.4, 0.5) is 5.69 Å². The second-order valence-corrected chi connectivity index (χ2v) is 6.47. The summed E-state index contributed by atoms with van der Waals surface area (Å²) in [7, 11) is 2.91. The molecule has 2 aromatic rings. The first-order chi connectivity index (χ1) is 13.3. The number of carbonyl (C=O) groups excluding carboxylic acids is 3. The highest BCUT2D eigenvalue weighted by molar-refractivity contribution is 6.31. The van der Waals surface area contributed by atoms with Crippen molar-refractivity contribution in [1.82, 2.24) is 4.90 Å². The molecule has 0 atom stereocenters. The van der Waals surface area contributed by atoms with E-state index in [0.717, 1.165) is 10.5 Å². The number of benzene rings is 2. The number of amides is 2. The molecule has 7 nitrogen and oxygen atoms in total. The number of likely N-dealkylation sites (N-methyl/N-ethyl adjacent to an activating group) is 1. The molecule has 0 bridgehead atoms. The quantitative estimate of drug-likeness (QED) is 0.717. The fourth-order valence-corrected chi connectivity index (χ4v) is 2.56. The van der Waals surface area contributed by atoms with Crippen molar-refractivity contribution in [2.75, 3.05) is 32.6 Å². The second-order valence-electron chi connectivity index (χ2n) is 6.03. The minimum atomic E-state index is -0.590. The molecule has 2 aromatic carbocycles. The Bertz CT molecular complexity index is 885. The van der Waals surface area contributed by atoms with Crippen molar-refractivity contribution >= 4 is 35.1 Å². The number of esters is 1. The van der Waals surface area contributed by atoms with Crippen molar-refractivity contribution in [1.29, 1.82) is 0 Å². The van der Waals surface area contributed by atoms with E-state index in [-0.39, 0.29) is 6.54 Å². The zero-order valence-corrected chi connectivity index (χ0v) is 16.6. The summed E-state index contributed by atoms with van der Waals surface area (Å²) >= 11 is 5.93. The van der Waals surface area contributed by atoms with Crippen LogP contribution in [0.2, 0.25) is 5.02 Å². The molecule has 0 unspecified atom stereocenters. The molecule has 8 heteroatoms. The molecular weight excluding hydrogens is 384 g/mol. The van der Waals surface area contributed by atoms with Crippen molar-refractivity contribution in [2.45, 2.75) is 6.92 Å². The molecule has 0 aliphatic carbocycles. The summed E-state index contributed by atoms with van der Waals surface area (Å²) in [6.07, 6.45) is 0. The van der Waals surface area contributed by atoms with Crippen LogP contribution in [0, 0.1) is 6.92 Å². The van der Waals surface area contributed by atoms with Gasteiger partial charge in [0.05, 0.1) is 24.9 Å². The van der Waals surface area contributed by atoms with Crippen molar-refractivity contribution in [3.8, 4) is 5.75 Å². The van der Waals surface area contributed by atoms with Crippen LogP contribution >= 0.6 is 11.6 Å². The van der Waals surface area contributed by atoms with Gasteiger partial charge in [-0.05, 0) is 36.8 Å². The Morgan fingerprint density at radius 3 is 2.54 bits per heavy atom. The maximum absolute atomic E-state index is 12.2. The molecule has 0 spiro atoms. The van der Waals surface area contributed by atoms with Crippen LogP contribution in [0.3, 0.4) is 0 Å². The predicted octanol–water partition coefficient (Wildman–Crippen LogP) is 2.91. The van der Waals surface area contributed by atoms with Gasteiger partial charge in [-0.1, -0.05) is 29.8 Å². The third-order valence-electron chi connectivity index (χ3n) is 3.93. The molecule has 0 aliphatic rings. The predicted molar refractivity (Wildman–Crippen MR) is 106 cm³/mol. The average Bonchev–Trinajstić information content (AvgIpc) is 2.66. The number of carbonyl (C=O) groups is 3. The van der Waals surface area contributed by atoms with Gasteiger partial charge in [-0.2, -0.15) is 0 Å². The Balaban J connectivity index is 1.88. The third kappa shape index (κ3) is 5.72. The van der Waals surface area contributed by atoms with Gasteiger partial charge in [0, 0.05) is 12.1 Å². The summed E-state index contributed by atoms with van der Waals surface area (Å²) < 4.78 is 10.2. The van der Waals surface area contributed by atoms with Crippen LogP contribution in [-0.4, -0.2) is 50.0 Å². The lowest BCUT2D eigenvalue weighted by Crippen LogP contribution is -2.37. The molecule has 2 rings (SSSR count). The standard InChI is InChI=1S/C20H21ClN2O5/c1-13-6-4-5-7-15(13)20(26)28-12-19(25)23(2)11-18(24)22-16-10-14(21)8-9-17(16)27-3/h4-10H,11-12H2,1-3H3,(H,22,24). The van der Waals surface area contributed by atoms with Gasteiger partial charge in [-0.25, -0.2) is 4.79 Å². The molecule has 28 heavy (non-hydrogen) atoms. The fraction of sp³-hybridized carbons (Fsp3) is 0.250. The Kier molecular flexibility index (Phi) is 7.40. The lowest BCUT2D eigenvalue weighted by molar-refractivity contribution is -0.136. The second kappa shape index (κ2) is 9.75. The summed E-state index contributed by atoms with van der Waals surface area (Å²) in [5.74, 6) is -1.09. The zero-order valence-electron chi connectivity index (χ0n) is 15.8. The molecular formula is C20H21ClN2O5. The van der Waals surface area contributed by atoms with Gasteiger partial charge in [-0.3, -0.25) is 9.59 Å². The molecule has 0 aliphatic heterocycles. The van der Waals surface area contributed by atoms with Crippen LogP contribution in [0.5, 0.6) is 5.75 Å². The van der Waals surface area contributed by atoms with Crippen molar-refractivity contribution in [2.24, 2.45) is 0 Å². The van der Waals surface area contributed by atoms with Crippen LogP contribution < -0.4 is 10.1 Å². The van der Waals surface area contributed by atoms with Gasteiger partial charge >= 0.3 is 5.97 Å². The van der Waals surface area contributed by atoms with Crippen LogP contribution in [0.15, 0.2) is 42.5 Å². The number of nitrogens with zero attached hydrogens (tertiary/aromatic N) is 1. The highest BCUT2D eigenvalue weighted by Crippen LogP contribution is 2.27. The fourth-order valence-electron chi connectivity index (χ4n) is 2.39. The number of anilines is 1. The summed E-state index contributed by atoms with van der Waals surface area (Å²) in [6.45, 7) is 1.09. The van der Waals surface area contributed by atoms with Crippen molar-refractivity contribution in [3.63, 3.8) is 0 Å². The van der Waals surface area contributed by atoms with E-state index >= 15 is 0 Å².